The van der Waals surface area contributed by atoms with E-state index in [0.29, 0.717) is 16.5 Å². The van der Waals surface area contributed by atoms with Crippen LogP contribution in [0.15, 0.2) is 23.6 Å². The molecule has 0 aliphatic carbocycles. The standard InChI is InChI=1S/C13H11FN2S/c1-8(2)12-7-17-13(16-12)9-4-3-5-11(14)10(9)6-15/h3-5,7-8H,1-2H3. The van der Waals surface area contributed by atoms with Gasteiger partial charge in [0.15, 0.2) is 0 Å². The van der Waals surface area contributed by atoms with Crippen molar-refractivity contribution in [3.63, 3.8) is 0 Å². The third-order valence-electron chi connectivity index (χ3n) is 2.47. The fourth-order valence-electron chi connectivity index (χ4n) is 1.49. The highest BCUT2D eigenvalue weighted by molar-refractivity contribution is 7.13. The van der Waals surface area contributed by atoms with Gasteiger partial charge < -0.3 is 0 Å². The fourth-order valence-corrected chi connectivity index (χ4v) is 2.50. The van der Waals surface area contributed by atoms with Crippen molar-refractivity contribution in [2.24, 2.45) is 0 Å². The van der Waals surface area contributed by atoms with Crippen molar-refractivity contribution >= 4 is 11.3 Å². The second-order valence-corrected chi connectivity index (χ2v) is 4.86. The number of benzene rings is 1. The Kier molecular flexibility index (Phi) is 3.21. The van der Waals surface area contributed by atoms with Crippen LogP contribution in [0.25, 0.3) is 10.6 Å². The molecule has 2 aromatic rings. The lowest BCUT2D eigenvalue weighted by molar-refractivity contribution is 0.624. The Morgan fingerprint density at radius 1 is 1.41 bits per heavy atom. The highest BCUT2D eigenvalue weighted by Crippen LogP contribution is 2.30. The molecule has 0 saturated heterocycles. The van der Waals surface area contributed by atoms with E-state index in [9.17, 15) is 4.39 Å². The van der Waals surface area contributed by atoms with E-state index in [0.717, 1.165) is 5.69 Å². The van der Waals surface area contributed by atoms with Gasteiger partial charge in [-0.15, -0.1) is 11.3 Å². The van der Waals surface area contributed by atoms with E-state index in [2.05, 4.69) is 18.8 Å². The zero-order chi connectivity index (χ0) is 12.4. The molecular weight excluding hydrogens is 235 g/mol. The third-order valence-corrected chi connectivity index (χ3v) is 3.36. The number of rotatable bonds is 2. The lowest BCUT2D eigenvalue weighted by Gasteiger charge is -2.01. The topological polar surface area (TPSA) is 36.7 Å². The molecule has 2 nitrogen and oxygen atoms in total. The summed E-state index contributed by atoms with van der Waals surface area (Å²) in [6, 6.07) is 6.51. The Morgan fingerprint density at radius 2 is 2.18 bits per heavy atom. The largest absolute Gasteiger partial charge is 0.241 e. The van der Waals surface area contributed by atoms with Crippen molar-refractivity contribution in [3.8, 4) is 16.6 Å². The Morgan fingerprint density at radius 3 is 2.76 bits per heavy atom. The minimum absolute atomic E-state index is 0.0668. The normalized spacial score (nSPS) is 10.5. The first kappa shape index (κ1) is 11.7. The molecule has 0 radical (unpaired) electrons. The first-order chi connectivity index (χ1) is 8.13. The van der Waals surface area contributed by atoms with E-state index >= 15 is 0 Å². The highest BCUT2D eigenvalue weighted by Gasteiger charge is 2.13. The fraction of sp³-hybridized carbons (Fsp3) is 0.231. The van der Waals surface area contributed by atoms with Gasteiger partial charge in [-0.3, -0.25) is 0 Å². The average Bonchev–Trinajstić information content (AvgIpc) is 2.77. The molecule has 0 atom stereocenters. The average molecular weight is 246 g/mol. The van der Waals surface area contributed by atoms with Gasteiger partial charge >= 0.3 is 0 Å². The van der Waals surface area contributed by atoms with Crippen LogP contribution in [0, 0.1) is 17.1 Å². The molecule has 0 amide bonds. The number of halogens is 1. The molecule has 0 saturated carbocycles. The van der Waals surface area contributed by atoms with Gasteiger partial charge in [-0.25, -0.2) is 9.37 Å². The molecule has 0 fully saturated rings. The van der Waals surface area contributed by atoms with Gasteiger partial charge in [-0.2, -0.15) is 5.26 Å². The van der Waals surface area contributed by atoms with Crippen molar-refractivity contribution in [3.05, 3.63) is 40.7 Å². The zero-order valence-corrected chi connectivity index (χ0v) is 10.4. The van der Waals surface area contributed by atoms with Gasteiger partial charge in [0.1, 0.15) is 16.9 Å². The first-order valence-corrected chi connectivity index (χ1v) is 6.16. The lowest BCUT2D eigenvalue weighted by atomic mass is 10.1. The summed E-state index contributed by atoms with van der Waals surface area (Å²) in [5.41, 5.74) is 1.61. The van der Waals surface area contributed by atoms with E-state index in [1.165, 1.54) is 17.4 Å². The van der Waals surface area contributed by atoms with Crippen LogP contribution in [-0.4, -0.2) is 4.98 Å². The van der Waals surface area contributed by atoms with Gasteiger partial charge in [-0.05, 0) is 12.0 Å². The van der Waals surface area contributed by atoms with Crippen molar-refractivity contribution in [2.75, 3.05) is 0 Å². The van der Waals surface area contributed by atoms with Crippen LogP contribution in [0.1, 0.15) is 31.0 Å². The van der Waals surface area contributed by atoms with Gasteiger partial charge in [0.25, 0.3) is 0 Å². The summed E-state index contributed by atoms with van der Waals surface area (Å²) < 4.78 is 13.5. The molecular formula is C13H11FN2S. The maximum absolute atomic E-state index is 13.5. The predicted molar refractivity (Wildman–Crippen MR) is 66.3 cm³/mol. The van der Waals surface area contributed by atoms with Crippen molar-refractivity contribution in [2.45, 2.75) is 19.8 Å². The molecule has 1 aromatic carbocycles. The SMILES string of the molecule is CC(C)c1csc(-c2cccc(F)c2C#N)n1. The Hall–Kier alpha value is -1.73. The smallest absolute Gasteiger partial charge is 0.141 e. The third kappa shape index (κ3) is 2.20. The summed E-state index contributed by atoms with van der Waals surface area (Å²) in [5, 5.41) is 11.6. The summed E-state index contributed by atoms with van der Waals surface area (Å²) in [7, 11) is 0. The van der Waals surface area contributed by atoms with Crippen molar-refractivity contribution in [1.29, 1.82) is 5.26 Å². The maximum atomic E-state index is 13.5. The maximum Gasteiger partial charge on any atom is 0.141 e. The Labute approximate surface area is 103 Å². The molecule has 4 heteroatoms. The number of aromatic nitrogens is 1. The van der Waals surface area contributed by atoms with Gasteiger partial charge in [0.05, 0.1) is 11.3 Å². The summed E-state index contributed by atoms with van der Waals surface area (Å²) in [5.74, 6) is -0.162. The predicted octanol–water partition coefficient (Wildman–Crippen LogP) is 3.94. The molecule has 1 heterocycles. The van der Waals surface area contributed by atoms with Crippen LogP contribution in [0.3, 0.4) is 0 Å². The van der Waals surface area contributed by atoms with E-state index in [4.69, 9.17) is 5.26 Å². The summed E-state index contributed by atoms with van der Waals surface area (Å²) >= 11 is 1.44. The second-order valence-electron chi connectivity index (χ2n) is 4.01. The molecule has 2 rings (SSSR count). The molecule has 0 bridgehead atoms. The monoisotopic (exact) mass is 246 g/mol. The number of nitriles is 1. The van der Waals surface area contributed by atoms with Gasteiger partial charge in [0.2, 0.25) is 0 Å². The van der Waals surface area contributed by atoms with Crippen LogP contribution >= 0.6 is 11.3 Å². The van der Waals surface area contributed by atoms with Crippen LogP contribution in [0.4, 0.5) is 4.39 Å². The number of thiazole rings is 1. The molecule has 17 heavy (non-hydrogen) atoms. The van der Waals surface area contributed by atoms with Crippen molar-refractivity contribution < 1.29 is 4.39 Å². The molecule has 1 aromatic heterocycles. The Bertz CT molecular complexity index is 581. The lowest BCUT2D eigenvalue weighted by Crippen LogP contribution is -1.90. The number of hydrogen-bond acceptors (Lipinski definition) is 3. The molecule has 0 spiro atoms. The van der Waals surface area contributed by atoms with E-state index in [-0.39, 0.29) is 5.56 Å². The van der Waals surface area contributed by atoms with Gasteiger partial charge in [0, 0.05) is 10.9 Å². The summed E-state index contributed by atoms with van der Waals surface area (Å²) in [6.45, 7) is 4.10. The second kappa shape index (κ2) is 4.64. The minimum Gasteiger partial charge on any atom is -0.241 e. The van der Waals surface area contributed by atoms with E-state index < -0.39 is 5.82 Å². The number of nitrogens with zero attached hydrogens (tertiary/aromatic N) is 2. The highest BCUT2D eigenvalue weighted by atomic mass is 32.1. The molecule has 0 unspecified atom stereocenters. The summed E-state index contributed by atoms with van der Waals surface area (Å²) in [4.78, 5) is 4.43. The van der Waals surface area contributed by atoms with Crippen LogP contribution in [0.5, 0.6) is 0 Å². The Balaban J connectivity index is 2.53. The molecule has 86 valence electrons. The molecule has 0 aliphatic heterocycles. The quantitative estimate of drug-likeness (QED) is 0.804. The van der Waals surface area contributed by atoms with Crippen molar-refractivity contribution in [1.82, 2.24) is 4.98 Å². The van der Waals surface area contributed by atoms with E-state index in [1.54, 1.807) is 12.1 Å². The van der Waals surface area contributed by atoms with Gasteiger partial charge in [-0.1, -0.05) is 26.0 Å². The van der Waals surface area contributed by atoms with Crippen LogP contribution < -0.4 is 0 Å². The minimum atomic E-state index is -0.494. The first-order valence-electron chi connectivity index (χ1n) is 5.28. The molecule has 0 N–H and O–H groups in total. The summed E-state index contributed by atoms with van der Waals surface area (Å²) in [6.07, 6.45) is 0. The molecule has 0 aliphatic rings. The number of hydrogen-bond donors (Lipinski definition) is 0. The van der Waals surface area contributed by atoms with Crippen LogP contribution in [0.2, 0.25) is 0 Å². The zero-order valence-electron chi connectivity index (χ0n) is 9.57. The van der Waals surface area contributed by atoms with E-state index in [1.807, 2.05) is 11.4 Å². The van der Waals surface area contributed by atoms with Crippen LogP contribution in [-0.2, 0) is 0 Å².